The number of rotatable bonds is 6. The fourth-order valence-corrected chi connectivity index (χ4v) is 2.10. The van der Waals surface area contributed by atoms with Gasteiger partial charge in [0, 0.05) is 19.0 Å². The van der Waals surface area contributed by atoms with E-state index in [1.54, 1.807) is 31.3 Å². The van der Waals surface area contributed by atoms with Crippen LogP contribution in [-0.4, -0.2) is 47.2 Å². The maximum atomic E-state index is 12.1. The molecule has 122 valence electrons. The molecule has 0 aliphatic carbocycles. The Morgan fingerprint density at radius 2 is 1.96 bits per heavy atom. The van der Waals surface area contributed by atoms with Gasteiger partial charge in [-0.1, -0.05) is 31.5 Å². The third-order valence-corrected chi connectivity index (χ3v) is 3.49. The summed E-state index contributed by atoms with van der Waals surface area (Å²) in [5.41, 5.74) is -0.392. The van der Waals surface area contributed by atoms with Crippen molar-refractivity contribution in [1.29, 1.82) is 0 Å². The summed E-state index contributed by atoms with van der Waals surface area (Å²) in [5, 5.41) is 6.75. The van der Waals surface area contributed by atoms with Gasteiger partial charge in [0.1, 0.15) is 0 Å². The molecule has 0 radical (unpaired) electrons. The highest BCUT2D eigenvalue weighted by Crippen LogP contribution is 2.13. The van der Waals surface area contributed by atoms with Crippen LogP contribution in [0.3, 0.4) is 0 Å². The largest absolute Gasteiger partial charge is 0.451 e. The summed E-state index contributed by atoms with van der Waals surface area (Å²) in [7, 11) is 1.67. The van der Waals surface area contributed by atoms with E-state index in [0.29, 0.717) is 17.3 Å². The fraction of sp³-hybridized carbons (Fsp3) is 0.375. The Balaban J connectivity index is 2.09. The first kappa shape index (κ1) is 16.7. The van der Waals surface area contributed by atoms with Gasteiger partial charge in [-0.15, -0.1) is 0 Å². The van der Waals surface area contributed by atoms with E-state index < -0.39 is 5.97 Å². The number of hydrogen-bond acceptors (Lipinski definition) is 5. The normalized spacial score (nSPS) is 10.5. The van der Waals surface area contributed by atoms with E-state index in [1.807, 2.05) is 6.92 Å². The first-order valence-corrected chi connectivity index (χ1v) is 7.43. The summed E-state index contributed by atoms with van der Waals surface area (Å²) < 4.78 is 5.02. The Bertz CT molecular complexity index is 769. The zero-order chi connectivity index (χ0) is 16.8. The molecule has 0 saturated heterocycles. The zero-order valence-electron chi connectivity index (χ0n) is 13.2. The van der Waals surface area contributed by atoms with E-state index in [4.69, 9.17) is 4.74 Å². The molecular formula is C16H19N3O4. The van der Waals surface area contributed by atoms with Gasteiger partial charge in [0.2, 0.25) is 0 Å². The van der Waals surface area contributed by atoms with Gasteiger partial charge >= 0.3 is 5.97 Å². The minimum atomic E-state index is -0.741. The number of aromatic nitrogens is 2. The lowest BCUT2D eigenvalue weighted by Gasteiger charge is -2.16. The van der Waals surface area contributed by atoms with Crippen LogP contribution in [0.2, 0.25) is 0 Å². The molecule has 0 bridgehead atoms. The maximum Gasteiger partial charge on any atom is 0.359 e. The number of carbonyl (C=O) groups excluding carboxylic acids is 2. The summed E-state index contributed by atoms with van der Waals surface area (Å²) in [6.45, 7) is 2.30. The number of unbranched alkanes of at least 4 members (excludes halogenated alkanes) is 1. The highest BCUT2D eigenvalue weighted by atomic mass is 16.5. The van der Waals surface area contributed by atoms with Crippen LogP contribution >= 0.6 is 0 Å². The van der Waals surface area contributed by atoms with Crippen LogP contribution in [0.4, 0.5) is 0 Å². The molecule has 1 N–H and O–H groups in total. The number of aromatic amines is 1. The first-order chi connectivity index (χ1) is 11.0. The smallest absolute Gasteiger partial charge is 0.359 e. The van der Waals surface area contributed by atoms with Crippen LogP contribution in [0.5, 0.6) is 0 Å². The zero-order valence-corrected chi connectivity index (χ0v) is 13.2. The summed E-state index contributed by atoms with van der Waals surface area (Å²) in [6, 6.07) is 6.60. The third kappa shape index (κ3) is 3.94. The number of nitrogens with one attached hydrogen (secondary N) is 1. The first-order valence-electron chi connectivity index (χ1n) is 7.43. The second-order valence-corrected chi connectivity index (χ2v) is 5.19. The van der Waals surface area contributed by atoms with E-state index >= 15 is 0 Å². The SMILES string of the molecule is CCCCN(C)C(=O)COC(=O)c1n[nH]c(=O)c2ccccc12. The van der Waals surface area contributed by atoms with E-state index in [-0.39, 0.29) is 23.8 Å². The average molecular weight is 317 g/mol. The monoisotopic (exact) mass is 317 g/mol. The van der Waals surface area contributed by atoms with Crippen LogP contribution in [0, 0.1) is 0 Å². The minimum absolute atomic E-state index is 0.00999. The van der Waals surface area contributed by atoms with Crippen LogP contribution in [0.1, 0.15) is 30.3 Å². The van der Waals surface area contributed by atoms with Gasteiger partial charge in [-0.2, -0.15) is 5.10 Å². The molecule has 2 rings (SSSR count). The van der Waals surface area contributed by atoms with Gasteiger partial charge in [0.15, 0.2) is 12.3 Å². The number of likely N-dealkylation sites (N-methyl/N-ethyl adjacent to an activating group) is 1. The van der Waals surface area contributed by atoms with Crippen LogP contribution < -0.4 is 5.56 Å². The number of hydrogen-bond donors (Lipinski definition) is 1. The van der Waals surface area contributed by atoms with Gasteiger partial charge in [0.25, 0.3) is 11.5 Å². The third-order valence-electron chi connectivity index (χ3n) is 3.49. The fourth-order valence-electron chi connectivity index (χ4n) is 2.10. The van der Waals surface area contributed by atoms with E-state index in [9.17, 15) is 14.4 Å². The molecule has 0 fully saturated rings. The van der Waals surface area contributed by atoms with E-state index in [1.165, 1.54) is 4.90 Å². The standard InChI is InChI=1S/C16H19N3O4/c1-3-4-9-19(2)13(20)10-23-16(22)14-11-7-5-6-8-12(11)15(21)18-17-14/h5-8H,3-4,9-10H2,1-2H3,(H,18,21). The molecule has 1 aromatic carbocycles. The Kier molecular flexibility index (Phi) is 5.46. The Morgan fingerprint density at radius 3 is 2.65 bits per heavy atom. The summed E-state index contributed by atoms with van der Waals surface area (Å²) in [6.07, 6.45) is 1.87. The quantitative estimate of drug-likeness (QED) is 0.812. The molecular weight excluding hydrogens is 298 g/mol. The molecule has 1 aromatic heterocycles. The lowest BCUT2D eigenvalue weighted by molar-refractivity contribution is -0.133. The maximum absolute atomic E-state index is 12.1. The van der Waals surface area contributed by atoms with Gasteiger partial charge < -0.3 is 9.64 Å². The number of benzene rings is 1. The molecule has 7 nitrogen and oxygen atoms in total. The van der Waals surface area contributed by atoms with Crippen molar-refractivity contribution in [3.63, 3.8) is 0 Å². The van der Waals surface area contributed by atoms with Crippen molar-refractivity contribution in [1.82, 2.24) is 15.1 Å². The Labute approximate surface area is 133 Å². The molecule has 23 heavy (non-hydrogen) atoms. The van der Waals surface area contributed by atoms with Gasteiger partial charge in [-0.05, 0) is 12.5 Å². The molecule has 0 saturated carbocycles. The van der Waals surface area contributed by atoms with Crippen molar-refractivity contribution in [3.05, 3.63) is 40.3 Å². The highest BCUT2D eigenvalue weighted by molar-refractivity contribution is 6.02. The highest BCUT2D eigenvalue weighted by Gasteiger charge is 2.17. The van der Waals surface area contributed by atoms with E-state index in [2.05, 4.69) is 10.2 Å². The molecule has 1 heterocycles. The number of nitrogens with zero attached hydrogens (tertiary/aromatic N) is 2. The predicted octanol–water partition coefficient (Wildman–Crippen LogP) is 1.34. The molecule has 0 aliphatic rings. The molecule has 1 amide bonds. The van der Waals surface area contributed by atoms with Crippen molar-refractivity contribution in [2.24, 2.45) is 0 Å². The summed E-state index contributed by atoms with van der Waals surface area (Å²) in [4.78, 5) is 37.2. The predicted molar refractivity (Wildman–Crippen MR) is 85.2 cm³/mol. The molecule has 0 atom stereocenters. The van der Waals surface area contributed by atoms with Crippen molar-refractivity contribution in [2.75, 3.05) is 20.2 Å². The van der Waals surface area contributed by atoms with Crippen molar-refractivity contribution in [2.45, 2.75) is 19.8 Å². The molecule has 7 heteroatoms. The van der Waals surface area contributed by atoms with Gasteiger partial charge in [-0.25, -0.2) is 9.89 Å². The second-order valence-electron chi connectivity index (χ2n) is 5.19. The van der Waals surface area contributed by atoms with Crippen molar-refractivity contribution in [3.8, 4) is 0 Å². The number of fused-ring (bicyclic) bond motifs is 1. The summed E-state index contributed by atoms with van der Waals surface area (Å²) in [5.74, 6) is -1.02. The number of esters is 1. The van der Waals surface area contributed by atoms with E-state index in [0.717, 1.165) is 12.8 Å². The molecule has 2 aromatic rings. The number of amides is 1. The molecule has 0 spiro atoms. The Hall–Kier alpha value is -2.70. The van der Waals surface area contributed by atoms with Crippen LogP contribution in [0.25, 0.3) is 10.8 Å². The van der Waals surface area contributed by atoms with Crippen molar-refractivity contribution >= 4 is 22.6 Å². The number of ether oxygens (including phenoxy) is 1. The van der Waals surface area contributed by atoms with Gasteiger partial charge in [-0.3, -0.25) is 9.59 Å². The average Bonchev–Trinajstić information content (AvgIpc) is 2.57. The van der Waals surface area contributed by atoms with Crippen LogP contribution in [0.15, 0.2) is 29.1 Å². The number of H-pyrrole nitrogens is 1. The van der Waals surface area contributed by atoms with Crippen LogP contribution in [-0.2, 0) is 9.53 Å². The van der Waals surface area contributed by atoms with Crippen molar-refractivity contribution < 1.29 is 14.3 Å². The molecule has 0 aliphatic heterocycles. The minimum Gasteiger partial charge on any atom is -0.451 e. The second kappa shape index (κ2) is 7.53. The molecule has 0 unspecified atom stereocenters. The van der Waals surface area contributed by atoms with Gasteiger partial charge in [0.05, 0.1) is 5.39 Å². The Morgan fingerprint density at radius 1 is 1.26 bits per heavy atom. The summed E-state index contributed by atoms with van der Waals surface area (Å²) >= 11 is 0. The lowest BCUT2D eigenvalue weighted by Crippen LogP contribution is -2.32. The lowest BCUT2D eigenvalue weighted by atomic mass is 10.1. The topological polar surface area (TPSA) is 92.4 Å². The number of carbonyl (C=O) groups is 2.